The number of methoxy groups -OCH3 is 1. The number of carbonyl (C=O) groups is 1. The van der Waals surface area contributed by atoms with Crippen LogP contribution in [0.5, 0.6) is 11.5 Å². The van der Waals surface area contributed by atoms with E-state index in [-0.39, 0.29) is 5.78 Å². The molecule has 20 heavy (non-hydrogen) atoms. The first-order valence-electron chi connectivity index (χ1n) is 6.48. The van der Waals surface area contributed by atoms with Gasteiger partial charge in [0.25, 0.3) is 0 Å². The minimum absolute atomic E-state index is 0.00559. The number of ether oxygens (including phenoxy) is 2. The fraction of sp³-hybridized carbons (Fsp3) is 0.235. The molecule has 0 atom stereocenters. The topological polar surface area (TPSA) is 35.5 Å². The molecule has 0 N–H and O–H groups in total. The number of ketones is 1. The van der Waals surface area contributed by atoms with E-state index in [9.17, 15) is 4.79 Å². The Balaban J connectivity index is 2.21. The molecule has 0 radical (unpaired) electrons. The van der Waals surface area contributed by atoms with Crippen molar-refractivity contribution in [2.75, 3.05) is 7.11 Å². The Hall–Kier alpha value is -2.29. The number of Topliss-reactive ketones (excluding diaryl/α,β-unsaturated/α-hetero) is 1. The predicted octanol–water partition coefficient (Wildman–Crippen LogP) is 3.79. The van der Waals surface area contributed by atoms with Crippen LogP contribution in [0.15, 0.2) is 42.5 Å². The van der Waals surface area contributed by atoms with Crippen molar-refractivity contribution in [2.24, 2.45) is 0 Å². The summed E-state index contributed by atoms with van der Waals surface area (Å²) in [6.07, 6.45) is 0. The fourth-order valence-electron chi connectivity index (χ4n) is 2.16. The number of hydrogen-bond donors (Lipinski definition) is 0. The van der Waals surface area contributed by atoms with Crippen LogP contribution in [0.1, 0.15) is 28.4 Å². The molecule has 0 amide bonds. The number of benzene rings is 2. The monoisotopic (exact) mass is 270 g/mol. The number of carbonyl (C=O) groups excluding carboxylic acids is 1. The Kier molecular flexibility index (Phi) is 4.41. The zero-order valence-corrected chi connectivity index (χ0v) is 12.0. The van der Waals surface area contributed by atoms with Gasteiger partial charge in [-0.25, -0.2) is 0 Å². The molecule has 3 nitrogen and oxygen atoms in total. The van der Waals surface area contributed by atoms with Gasteiger partial charge in [0.15, 0.2) is 5.78 Å². The van der Waals surface area contributed by atoms with Crippen molar-refractivity contribution in [1.82, 2.24) is 0 Å². The molecule has 0 saturated carbocycles. The summed E-state index contributed by atoms with van der Waals surface area (Å²) in [7, 11) is 1.56. The summed E-state index contributed by atoms with van der Waals surface area (Å²) in [4.78, 5) is 11.6. The molecule has 0 unspecified atom stereocenters. The molecule has 0 aliphatic heterocycles. The highest BCUT2D eigenvalue weighted by molar-refractivity contribution is 5.98. The lowest BCUT2D eigenvalue weighted by molar-refractivity contribution is 0.101. The summed E-state index contributed by atoms with van der Waals surface area (Å²) < 4.78 is 11.0. The molecule has 0 bridgehead atoms. The smallest absolute Gasteiger partial charge is 0.163 e. The van der Waals surface area contributed by atoms with Crippen LogP contribution < -0.4 is 9.47 Å². The van der Waals surface area contributed by atoms with E-state index in [0.29, 0.717) is 23.7 Å². The molecule has 0 spiro atoms. The van der Waals surface area contributed by atoms with Crippen molar-refractivity contribution >= 4 is 5.78 Å². The van der Waals surface area contributed by atoms with Gasteiger partial charge in [-0.3, -0.25) is 4.79 Å². The zero-order valence-electron chi connectivity index (χ0n) is 12.0. The second-order valence-corrected chi connectivity index (χ2v) is 4.65. The predicted molar refractivity (Wildman–Crippen MR) is 78.5 cm³/mol. The summed E-state index contributed by atoms with van der Waals surface area (Å²) in [5, 5.41) is 0. The lowest BCUT2D eigenvalue weighted by atomic mass is 10.0. The van der Waals surface area contributed by atoms with Gasteiger partial charge in [0, 0.05) is 6.07 Å². The highest BCUT2D eigenvalue weighted by Crippen LogP contribution is 2.29. The molecular weight excluding hydrogens is 252 g/mol. The van der Waals surface area contributed by atoms with Crippen molar-refractivity contribution in [3.8, 4) is 11.5 Å². The number of rotatable bonds is 5. The number of hydrogen-bond acceptors (Lipinski definition) is 3. The normalized spacial score (nSPS) is 10.2. The van der Waals surface area contributed by atoms with Crippen LogP contribution >= 0.6 is 0 Å². The van der Waals surface area contributed by atoms with Crippen LogP contribution in [0.4, 0.5) is 0 Å². The summed E-state index contributed by atoms with van der Waals surface area (Å²) in [6.45, 7) is 3.91. The molecule has 104 valence electrons. The Morgan fingerprint density at radius 2 is 1.85 bits per heavy atom. The van der Waals surface area contributed by atoms with E-state index in [1.54, 1.807) is 13.2 Å². The molecule has 0 heterocycles. The average molecular weight is 270 g/mol. The van der Waals surface area contributed by atoms with Crippen LogP contribution in [-0.2, 0) is 6.61 Å². The first kappa shape index (κ1) is 14.1. The van der Waals surface area contributed by atoms with Gasteiger partial charge in [-0.1, -0.05) is 30.3 Å². The molecule has 0 aromatic heterocycles. The van der Waals surface area contributed by atoms with Gasteiger partial charge < -0.3 is 9.47 Å². The van der Waals surface area contributed by atoms with Crippen LogP contribution in [0.3, 0.4) is 0 Å². The van der Waals surface area contributed by atoms with E-state index in [0.717, 1.165) is 11.1 Å². The minimum Gasteiger partial charge on any atom is -0.496 e. The third kappa shape index (κ3) is 3.18. The maximum Gasteiger partial charge on any atom is 0.163 e. The molecule has 0 aliphatic carbocycles. The average Bonchev–Trinajstić information content (AvgIpc) is 2.45. The van der Waals surface area contributed by atoms with Gasteiger partial charge in [-0.05, 0) is 31.0 Å². The highest BCUT2D eigenvalue weighted by Gasteiger charge is 2.13. The van der Waals surface area contributed by atoms with E-state index < -0.39 is 0 Å². The third-order valence-electron chi connectivity index (χ3n) is 3.09. The Morgan fingerprint density at radius 1 is 1.15 bits per heavy atom. The zero-order chi connectivity index (χ0) is 14.5. The number of aryl methyl sites for hydroxylation is 1. The summed E-state index contributed by atoms with van der Waals surface area (Å²) in [6, 6.07) is 13.6. The molecule has 0 aliphatic rings. The molecular formula is C17H18O3. The van der Waals surface area contributed by atoms with Crippen LogP contribution in [0.25, 0.3) is 0 Å². The molecule has 0 fully saturated rings. The van der Waals surface area contributed by atoms with E-state index in [1.807, 2.05) is 43.3 Å². The second kappa shape index (κ2) is 6.24. The van der Waals surface area contributed by atoms with Crippen LogP contribution in [0.2, 0.25) is 0 Å². The SMILES string of the molecule is COc1cc(OCc2ccccc2)cc(C)c1C(C)=O. The first-order chi connectivity index (χ1) is 9.61. The van der Waals surface area contributed by atoms with Gasteiger partial charge in [0.2, 0.25) is 0 Å². The summed E-state index contributed by atoms with van der Waals surface area (Å²) in [5.41, 5.74) is 2.57. The van der Waals surface area contributed by atoms with Crippen molar-refractivity contribution in [2.45, 2.75) is 20.5 Å². The largest absolute Gasteiger partial charge is 0.496 e. The van der Waals surface area contributed by atoms with Gasteiger partial charge in [0.05, 0.1) is 12.7 Å². The molecule has 2 rings (SSSR count). The molecule has 2 aromatic rings. The Bertz CT molecular complexity index is 603. The third-order valence-corrected chi connectivity index (χ3v) is 3.09. The van der Waals surface area contributed by atoms with Crippen molar-refractivity contribution in [1.29, 1.82) is 0 Å². The minimum atomic E-state index is -0.00559. The van der Waals surface area contributed by atoms with E-state index in [1.165, 1.54) is 6.92 Å². The van der Waals surface area contributed by atoms with Gasteiger partial charge in [0.1, 0.15) is 18.1 Å². The van der Waals surface area contributed by atoms with Gasteiger partial charge >= 0.3 is 0 Å². The van der Waals surface area contributed by atoms with Gasteiger partial charge in [-0.2, -0.15) is 0 Å². The van der Waals surface area contributed by atoms with E-state index >= 15 is 0 Å². The molecule has 2 aromatic carbocycles. The van der Waals surface area contributed by atoms with Crippen molar-refractivity contribution in [3.63, 3.8) is 0 Å². The summed E-state index contributed by atoms with van der Waals surface area (Å²) in [5.74, 6) is 1.25. The van der Waals surface area contributed by atoms with E-state index in [4.69, 9.17) is 9.47 Å². The second-order valence-electron chi connectivity index (χ2n) is 4.65. The van der Waals surface area contributed by atoms with Gasteiger partial charge in [-0.15, -0.1) is 0 Å². The lowest BCUT2D eigenvalue weighted by Gasteiger charge is -2.13. The van der Waals surface area contributed by atoms with Crippen LogP contribution in [0, 0.1) is 6.92 Å². The van der Waals surface area contributed by atoms with Crippen LogP contribution in [-0.4, -0.2) is 12.9 Å². The maximum absolute atomic E-state index is 11.6. The van der Waals surface area contributed by atoms with Crippen molar-refractivity contribution in [3.05, 3.63) is 59.2 Å². The summed E-state index contributed by atoms with van der Waals surface area (Å²) >= 11 is 0. The molecule has 0 saturated heterocycles. The van der Waals surface area contributed by atoms with E-state index in [2.05, 4.69) is 0 Å². The van der Waals surface area contributed by atoms with Crippen molar-refractivity contribution < 1.29 is 14.3 Å². The fourth-order valence-corrected chi connectivity index (χ4v) is 2.16. The molecule has 3 heteroatoms. The maximum atomic E-state index is 11.6. The quantitative estimate of drug-likeness (QED) is 0.775. The Morgan fingerprint density at radius 3 is 2.45 bits per heavy atom. The Labute approximate surface area is 119 Å². The standard InChI is InChI=1S/C17H18O3/c1-12-9-15(10-16(19-3)17(12)13(2)18)20-11-14-7-5-4-6-8-14/h4-10H,11H2,1-3H3. The lowest BCUT2D eigenvalue weighted by Crippen LogP contribution is -2.03. The first-order valence-corrected chi connectivity index (χ1v) is 6.48. The highest BCUT2D eigenvalue weighted by atomic mass is 16.5.